The van der Waals surface area contributed by atoms with Gasteiger partial charge in [0.25, 0.3) is 0 Å². The summed E-state index contributed by atoms with van der Waals surface area (Å²) in [6.45, 7) is 3.53. The molecule has 152 valence electrons. The van der Waals surface area contributed by atoms with E-state index in [-0.39, 0.29) is 35.0 Å². The van der Waals surface area contributed by atoms with Gasteiger partial charge in [0.15, 0.2) is 0 Å². The van der Waals surface area contributed by atoms with Gasteiger partial charge in [-0.3, -0.25) is 9.59 Å². The van der Waals surface area contributed by atoms with Crippen molar-refractivity contribution in [3.05, 3.63) is 35.4 Å². The van der Waals surface area contributed by atoms with Gasteiger partial charge in [0, 0.05) is 24.4 Å². The molecule has 1 aromatic carbocycles. The number of alkyl halides is 3. The SMILES string of the molecule is C[C@H]1CN(C(=O)C2CC3(COC(=O)C3)C2)CC[C@H]1c1cccc(C(F)(F)F)c1. The van der Waals surface area contributed by atoms with E-state index in [4.69, 9.17) is 4.74 Å². The number of cyclic esters (lactones) is 1. The standard InChI is InChI=1S/C21H24F3NO3/c1-13-11-25(19(27)15-8-20(9-15)10-18(26)28-12-20)6-5-17(13)14-3-2-4-16(7-14)21(22,23)24/h2-4,7,13,15,17H,5-6,8-12H2,1H3/t13-,15?,17+,20?/m0/s1. The van der Waals surface area contributed by atoms with Crippen molar-refractivity contribution in [3.8, 4) is 0 Å². The number of hydrogen-bond donors (Lipinski definition) is 0. The lowest BCUT2D eigenvalue weighted by molar-refractivity contribution is -0.145. The average Bonchev–Trinajstić information content (AvgIpc) is 3.01. The zero-order chi connectivity index (χ0) is 20.1. The summed E-state index contributed by atoms with van der Waals surface area (Å²) in [5, 5.41) is 0. The quantitative estimate of drug-likeness (QED) is 0.711. The van der Waals surface area contributed by atoms with Crippen molar-refractivity contribution in [1.29, 1.82) is 0 Å². The Hall–Kier alpha value is -2.05. The van der Waals surface area contributed by atoms with E-state index in [2.05, 4.69) is 0 Å². The van der Waals surface area contributed by atoms with Crippen LogP contribution in [0.25, 0.3) is 0 Å². The maximum atomic E-state index is 13.0. The minimum atomic E-state index is -4.35. The number of nitrogens with zero attached hydrogens (tertiary/aromatic N) is 1. The van der Waals surface area contributed by atoms with E-state index >= 15 is 0 Å². The molecule has 7 heteroatoms. The molecular weight excluding hydrogens is 371 g/mol. The first-order valence-electron chi connectivity index (χ1n) is 9.78. The van der Waals surface area contributed by atoms with Crippen molar-refractivity contribution in [2.24, 2.45) is 17.3 Å². The molecule has 0 aromatic heterocycles. The summed E-state index contributed by atoms with van der Waals surface area (Å²) in [4.78, 5) is 26.0. The predicted molar refractivity (Wildman–Crippen MR) is 95.3 cm³/mol. The van der Waals surface area contributed by atoms with Gasteiger partial charge in [-0.15, -0.1) is 0 Å². The Balaban J connectivity index is 1.37. The lowest BCUT2D eigenvalue weighted by Crippen LogP contribution is -2.50. The van der Waals surface area contributed by atoms with Gasteiger partial charge in [0.1, 0.15) is 0 Å². The molecule has 1 aliphatic carbocycles. The number of carbonyl (C=O) groups is 2. The molecule has 0 radical (unpaired) electrons. The first-order valence-corrected chi connectivity index (χ1v) is 9.78. The van der Waals surface area contributed by atoms with E-state index in [0.717, 1.165) is 6.07 Å². The van der Waals surface area contributed by atoms with Crippen molar-refractivity contribution in [2.45, 2.75) is 44.7 Å². The van der Waals surface area contributed by atoms with Crippen LogP contribution in [0.1, 0.15) is 49.7 Å². The molecule has 1 saturated carbocycles. The normalized spacial score (nSPS) is 32.9. The third-order valence-corrected chi connectivity index (χ3v) is 6.63. The molecule has 4 nitrogen and oxygen atoms in total. The number of benzene rings is 1. The molecule has 3 aliphatic rings. The number of hydrogen-bond acceptors (Lipinski definition) is 3. The first kappa shape index (κ1) is 19.3. The molecule has 0 unspecified atom stereocenters. The molecule has 0 bridgehead atoms. The van der Waals surface area contributed by atoms with Gasteiger partial charge in [-0.25, -0.2) is 0 Å². The van der Waals surface area contributed by atoms with Gasteiger partial charge >= 0.3 is 12.1 Å². The van der Waals surface area contributed by atoms with Crippen LogP contribution in [-0.2, 0) is 20.5 Å². The lowest BCUT2D eigenvalue weighted by atomic mass is 9.61. The molecule has 4 rings (SSSR count). The van der Waals surface area contributed by atoms with Crippen molar-refractivity contribution in [1.82, 2.24) is 4.90 Å². The van der Waals surface area contributed by atoms with Crippen molar-refractivity contribution in [2.75, 3.05) is 19.7 Å². The summed E-state index contributed by atoms with van der Waals surface area (Å²) in [5.41, 5.74) is -0.0678. The van der Waals surface area contributed by atoms with Crippen LogP contribution in [0.5, 0.6) is 0 Å². The molecule has 2 saturated heterocycles. The zero-order valence-corrected chi connectivity index (χ0v) is 15.8. The molecule has 28 heavy (non-hydrogen) atoms. The summed E-state index contributed by atoms with van der Waals surface area (Å²) in [5.74, 6) is -0.0286. The fourth-order valence-corrected chi connectivity index (χ4v) is 5.11. The second-order valence-corrected chi connectivity index (χ2v) is 8.72. The van der Waals surface area contributed by atoms with Crippen LogP contribution < -0.4 is 0 Å². The molecular formula is C21H24F3NO3. The molecule has 2 heterocycles. The third kappa shape index (κ3) is 3.51. The minimum Gasteiger partial charge on any atom is -0.465 e. The topological polar surface area (TPSA) is 46.6 Å². The Labute approximate surface area is 162 Å². The highest BCUT2D eigenvalue weighted by Crippen LogP contribution is 2.52. The van der Waals surface area contributed by atoms with Crippen LogP contribution in [0.4, 0.5) is 13.2 Å². The Bertz CT molecular complexity index is 785. The smallest absolute Gasteiger partial charge is 0.416 e. The highest BCUT2D eigenvalue weighted by Gasteiger charge is 2.53. The van der Waals surface area contributed by atoms with E-state index in [1.54, 1.807) is 6.07 Å². The molecule has 0 N–H and O–H groups in total. The molecule has 1 amide bonds. The first-order chi connectivity index (χ1) is 13.2. The Morgan fingerprint density at radius 1 is 1.29 bits per heavy atom. The summed E-state index contributed by atoms with van der Waals surface area (Å²) in [6, 6.07) is 5.55. The molecule has 1 aromatic rings. The fourth-order valence-electron chi connectivity index (χ4n) is 5.11. The van der Waals surface area contributed by atoms with Gasteiger partial charge in [-0.1, -0.05) is 25.1 Å². The van der Waals surface area contributed by atoms with Crippen molar-refractivity contribution < 1.29 is 27.5 Å². The third-order valence-electron chi connectivity index (χ3n) is 6.63. The largest absolute Gasteiger partial charge is 0.465 e. The van der Waals surface area contributed by atoms with Crippen molar-refractivity contribution >= 4 is 11.9 Å². The molecule has 3 fully saturated rings. The van der Waals surface area contributed by atoms with Gasteiger partial charge in [-0.2, -0.15) is 13.2 Å². The number of piperidine rings is 1. The van der Waals surface area contributed by atoms with E-state index in [9.17, 15) is 22.8 Å². The van der Waals surface area contributed by atoms with Crippen LogP contribution in [0.15, 0.2) is 24.3 Å². The molecule has 2 aliphatic heterocycles. The summed E-state index contributed by atoms with van der Waals surface area (Å²) in [6.07, 6.45) is -1.89. The van der Waals surface area contributed by atoms with Crippen LogP contribution in [0.3, 0.4) is 0 Å². The molecule has 2 atom stereocenters. The minimum absolute atomic E-state index is 0.0138. The fraction of sp³-hybridized carbons (Fsp3) is 0.619. The van der Waals surface area contributed by atoms with Crippen LogP contribution in [0.2, 0.25) is 0 Å². The maximum absolute atomic E-state index is 13.0. The van der Waals surface area contributed by atoms with E-state index in [1.165, 1.54) is 12.1 Å². The van der Waals surface area contributed by atoms with Gasteiger partial charge < -0.3 is 9.64 Å². The number of ether oxygens (including phenoxy) is 1. The van der Waals surface area contributed by atoms with Crippen LogP contribution in [0, 0.1) is 17.3 Å². The Kier molecular flexibility index (Phi) is 4.67. The number of esters is 1. The highest BCUT2D eigenvalue weighted by molar-refractivity contribution is 5.81. The Morgan fingerprint density at radius 2 is 2.04 bits per heavy atom. The molecule has 1 spiro atoms. The Morgan fingerprint density at radius 3 is 2.64 bits per heavy atom. The number of halogens is 3. The van der Waals surface area contributed by atoms with E-state index in [1.807, 2.05) is 11.8 Å². The number of carbonyl (C=O) groups excluding carboxylic acids is 2. The lowest BCUT2D eigenvalue weighted by Gasteiger charge is -2.46. The number of rotatable bonds is 2. The highest BCUT2D eigenvalue weighted by atomic mass is 19.4. The predicted octanol–water partition coefficient (Wildman–Crippen LogP) is 4.00. The van der Waals surface area contributed by atoms with E-state index in [0.29, 0.717) is 50.9 Å². The zero-order valence-electron chi connectivity index (χ0n) is 15.8. The van der Waals surface area contributed by atoms with Crippen LogP contribution in [-0.4, -0.2) is 36.5 Å². The second-order valence-electron chi connectivity index (χ2n) is 8.72. The second kappa shape index (κ2) is 6.78. The van der Waals surface area contributed by atoms with Gasteiger partial charge in [0.05, 0.1) is 18.6 Å². The number of likely N-dealkylation sites (tertiary alicyclic amines) is 1. The maximum Gasteiger partial charge on any atom is 0.416 e. The van der Waals surface area contributed by atoms with Crippen LogP contribution >= 0.6 is 0 Å². The van der Waals surface area contributed by atoms with Crippen molar-refractivity contribution in [3.63, 3.8) is 0 Å². The summed E-state index contributed by atoms with van der Waals surface area (Å²) < 4.78 is 44.1. The average molecular weight is 395 g/mol. The van der Waals surface area contributed by atoms with E-state index < -0.39 is 11.7 Å². The van der Waals surface area contributed by atoms with Gasteiger partial charge in [0.2, 0.25) is 5.91 Å². The number of amides is 1. The van der Waals surface area contributed by atoms with Gasteiger partial charge in [-0.05, 0) is 42.7 Å². The summed E-state index contributed by atoms with van der Waals surface area (Å²) in [7, 11) is 0. The monoisotopic (exact) mass is 395 g/mol. The summed E-state index contributed by atoms with van der Waals surface area (Å²) >= 11 is 0.